The fourth-order valence-corrected chi connectivity index (χ4v) is 6.00. The van der Waals surface area contributed by atoms with Crippen LogP contribution in [0.2, 0.25) is 0 Å². The molecule has 0 unspecified atom stereocenters. The minimum absolute atomic E-state index is 0.258. The Kier molecular flexibility index (Phi) is 5.43. The zero-order valence-corrected chi connectivity index (χ0v) is 20.2. The number of para-hydroxylation sites is 1. The summed E-state index contributed by atoms with van der Waals surface area (Å²) in [4.78, 5) is 26.8. The summed E-state index contributed by atoms with van der Waals surface area (Å²) in [5, 5.41) is 8.37. The van der Waals surface area contributed by atoms with Crippen molar-refractivity contribution in [2.24, 2.45) is 0 Å². The molecule has 35 heavy (non-hydrogen) atoms. The number of anilines is 1. The predicted octanol–water partition coefficient (Wildman–Crippen LogP) is 6.12. The van der Waals surface area contributed by atoms with Gasteiger partial charge in [-0.25, -0.2) is 0 Å². The van der Waals surface area contributed by atoms with E-state index >= 15 is 0 Å². The maximum Gasteiger partial charge on any atom is 0.261 e. The van der Waals surface area contributed by atoms with E-state index in [2.05, 4.69) is 17.4 Å². The number of thiocarbonyl (C=S) groups is 1. The Balaban J connectivity index is 1.32. The molecule has 2 heterocycles. The first-order chi connectivity index (χ1) is 17.1. The average molecular weight is 497 g/mol. The number of hydrogen-bond acceptors (Lipinski definition) is 5. The molecule has 0 spiro atoms. The molecular formula is C28H20N2O3S2. The Morgan fingerprint density at radius 3 is 2.26 bits per heavy atom. The van der Waals surface area contributed by atoms with E-state index in [1.807, 2.05) is 66.7 Å². The van der Waals surface area contributed by atoms with Crippen molar-refractivity contribution in [2.75, 3.05) is 11.9 Å². The van der Waals surface area contributed by atoms with Gasteiger partial charge in [0.2, 0.25) is 0 Å². The summed E-state index contributed by atoms with van der Waals surface area (Å²) >= 11 is 6.91. The van der Waals surface area contributed by atoms with Crippen molar-refractivity contribution in [3.63, 3.8) is 0 Å². The molecule has 6 rings (SSSR count). The second kappa shape index (κ2) is 8.76. The number of hydrogen-bond donors (Lipinski definition) is 1. The quantitative estimate of drug-likeness (QED) is 0.135. The van der Waals surface area contributed by atoms with Gasteiger partial charge in [0.1, 0.15) is 0 Å². The molecule has 172 valence electrons. The molecule has 5 nitrogen and oxygen atoms in total. The molecule has 0 amide bonds. The van der Waals surface area contributed by atoms with E-state index < -0.39 is 0 Å². The van der Waals surface area contributed by atoms with Crippen LogP contribution in [-0.2, 0) is 11.3 Å². The fourth-order valence-electron chi connectivity index (χ4n) is 4.68. The van der Waals surface area contributed by atoms with E-state index in [9.17, 15) is 9.59 Å². The van der Waals surface area contributed by atoms with Gasteiger partial charge in [-0.05, 0) is 65.8 Å². The normalized spacial score (nSPS) is 11.5. The smallest absolute Gasteiger partial charge is 0.261 e. The molecule has 1 N–H and O–H groups in total. The third-order valence-corrected chi connectivity index (χ3v) is 7.61. The van der Waals surface area contributed by atoms with Crippen LogP contribution in [0.3, 0.4) is 0 Å². The van der Waals surface area contributed by atoms with Crippen LogP contribution < -0.4 is 16.4 Å². The van der Waals surface area contributed by atoms with Gasteiger partial charge in [0.25, 0.3) is 16.3 Å². The van der Waals surface area contributed by atoms with Crippen molar-refractivity contribution >= 4 is 76.1 Å². The van der Waals surface area contributed by atoms with Gasteiger partial charge < -0.3 is 10.1 Å². The lowest BCUT2D eigenvalue weighted by atomic mass is 9.98. The highest BCUT2D eigenvalue weighted by molar-refractivity contribution is 7.80. The summed E-state index contributed by atoms with van der Waals surface area (Å²) in [7, 11) is 0. The van der Waals surface area contributed by atoms with E-state index in [0.29, 0.717) is 23.8 Å². The number of ether oxygens (including phenoxy) is 1. The highest BCUT2D eigenvalue weighted by Crippen LogP contribution is 2.39. The molecule has 0 saturated carbocycles. The van der Waals surface area contributed by atoms with Crippen LogP contribution in [0.5, 0.6) is 0 Å². The Hall–Kier alpha value is -3.81. The van der Waals surface area contributed by atoms with Gasteiger partial charge in [0.15, 0.2) is 0 Å². The monoisotopic (exact) mass is 496 g/mol. The highest BCUT2D eigenvalue weighted by Gasteiger charge is 2.18. The number of nitrogens with zero attached hydrogens (tertiary/aromatic N) is 1. The van der Waals surface area contributed by atoms with Crippen molar-refractivity contribution in [2.45, 2.75) is 13.0 Å². The fraction of sp³-hybridized carbons (Fsp3) is 0.107. The predicted molar refractivity (Wildman–Crippen MR) is 149 cm³/mol. The molecule has 0 aliphatic carbocycles. The van der Waals surface area contributed by atoms with Crippen LogP contribution in [0.25, 0.3) is 41.7 Å². The SMILES string of the molecule is O=c1c2ccc3sc4ccccc4c4ccc(c(=O)n1CCCOC(=S)Nc1ccccc1)c2c34. The van der Waals surface area contributed by atoms with Crippen LogP contribution in [0, 0.1) is 0 Å². The summed E-state index contributed by atoms with van der Waals surface area (Å²) in [6.45, 7) is 0.553. The highest BCUT2D eigenvalue weighted by atomic mass is 32.1. The molecule has 7 heteroatoms. The van der Waals surface area contributed by atoms with Gasteiger partial charge >= 0.3 is 0 Å². The van der Waals surface area contributed by atoms with Gasteiger partial charge in [-0.1, -0.05) is 42.5 Å². The summed E-state index contributed by atoms with van der Waals surface area (Å²) < 4.78 is 9.16. The standard InChI is InChI=1S/C28H20N2O3S2/c31-26-20-12-11-19-18-9-4-5-10-22(18)35-23-14-13-21(24(20)25(19)23)27(32)30(26)15-6-16-33-28(34)29-17-7-2-1-3-8-17/h1-5,7-14H,6,15-16H2,(H,29,34). The second-order valence-corrected chi connectivity index (χ2v) is 9.82. The summed E-state index contributed by atoms with van der Waals surface area (Å²) in [5.74, 6) is 0. The van der Waals surface area contributed by atoms with Crippen LogP contribution in [0.4, 0.5) is 5.69 Å². The lowest BCUT2D eigenvalue weighted by Crippen LogP contribution is -2.33. The van der Waals surface area contributed by atoms with E-state index in [1.165, 1.54) is 9.27 Å². The first-order valence-corrected chi connectivity index (χ1v) is 12.6. The number of rotatable bonds is 5. The summed E-state index contributed by atoms with van der Waals surface area (Å²) in [6.07, 6.45) is 0.478. The number of aromatic nitrogens is 1. The topological polar surface area (TPSA) is 60.3 Å². The van der Waals surface area contributed by atoms with Crippen molar-refractivity contribution in [1.82, 2.24) is 4.57 Å². The van der Waals surface area contributed by atoms with E-state index in [4.69, 9.17) is 17.0 Å². The minimum Gasteiger partial charge on any atom is -0.471 e. The minimum atomic E-state index is -0.264. The third kappa shape index (κ3) is 3.73. The van der Waals surface area contributed by atoms with Gasteiger partial charge in [-0.2, -0.15) is 0 Å². The summed E-state index contributed by atoms with van der Waals surface area (Å²) in [5.41, 5.74) is 0.316. The third-order valence-electron chi connectivity index (χ3n) is 6.25. The van der Waals surface area contributed by atoms with Crippen molar-refractivity contribution in [1.29, 1.82) is 0 Å². The number of nitrogens with one attached hydrogen (secondary N) is 1. The van der Waals surface area contributed by atoms with Crippen LogP contribution in [0.1, 0.15) is 6.42 Å². The maximum atomic E-state index is 13.4. The Labute approximate surface area is 209 Å². The van der Waals surface area contributed by atoms with Gasteiger partial charge in [0.05, 0.1) is 6.61 Å². The first kappa shape index (κ1) is 21.7. The van der Waals surface area contributed by atoms with E-state index in [-0.39, 0.29) is 22.8 Å². The molecule has 0 aliphatic heterocycles. The molecule has 0 saturated heterocycles. The molecule has 0 aliphatic rings. The number of pyridine rings is 1. The van der Waals surface area contributed by atoms with Crippen molar-refractivity contribution in [3.05, 3.63) is 99.6 Å². The largest absolute Gasteiger partial charge is 0.471 e. The summed E-state index contributed by atoms with van der Waals surface area (Å²) in [6, 6.07) is 25.5. The lowest BCUT2D eigenvalue weighted by molar-refractivity contribution is 0.295. The Morgan fingerprint density at radius 1 is 0.771 bits per heavy atom. The first-order valence-electron chi connectivity index (χ1n) is 11.3. The van der Waals surface area contributed by atoms with Crippen LogP contribution >= 0.6 is 23.6 Å². The molecule has 0 fully saturated rings. The second-order valence-electron chi connectivity index (χ2n) is 8.36. The number of benzene rings is 4. The van der Waals surface area contributed by atoms with Crippen LogP contribution in [0.15, 0.2) is 88.5 Å². The molecular weight excluding hydrogens is 476 g/mol. The van der Waals surface area contributed by atoms with E-state index in [0.717, 1.165) is 31.9 Å². The number of fused-ring (bicyclic) bond motifs is 2. The molecule has 4 aromatic carbocycles. The zero-order chi connectivity index (χ0) is 23.9. The molecule has 6 aromatic rings. The Morgan fingerprint density at radius 2 is 1.46 bits per heavy atom. The molecule has 0 bridgehead atoms. The average Bonchev–Trinajstić information content (AvgIpc) is 2.88. The lowest BCUT2D eigenvalue weighted by Gasteiger charge is -2.14. The van der Waals surface area contributed by atoms with Gasteiger partial charge in [-0.15, -0.1) is 11.3 Å². The van der Waals surface area contributed by atoms with Crippen molar-refractivity contribution < 1.29 is 4.74 Å². The van der Waals surface area contributed by atoms with Crippen molar-refractivity contribution in [3.8, 4) is 0 Å². The Bertz CT molecular complexity index is 1810. The molecule has 2 aromatic heterocycles. The zero-order valence-electron chi connectivity index (χ0n) is 18.6. The van der Waals surface area contributed by atoms with Crippen LogP contribution in [-0.4, -0.2) is 16.3 Å². The maximum absolute atomic E-state index is 13.4. The van der Waals surface area contributed by atoms with Gasteiger partial charge in [0, 0.05) is 43.2 Å². The molecule has 0 radical (unpaired) electrons. The molecule has 0 atom stereocenters. The van der Waals surface area contributed by atoms with E-state index in [1.54, 1.807) is 11.3 Å². The van der Waals surface area contributed by atoms with Gasteiger partial charge in [-0.3, -0.25) is 14.2 Å².